The van der Waals surface area contributed by atoms with Crippen LogP contribution in [0.3, 0.4) is 0 Å². The van der Waals surface area contributed by atoms with Gasteiger partial charge in [0.1, 0.15) is 17.4 Å². The van der Waals surface area contributed by atoms with Crippen LogP contribution in [0.2, 0.25) is 5.02 Å². The maximum Gasteiger partial charge on any atom is 0.197 e. The lowest BCUT2D eigenvalue weighted by Gasteiger charge is -2.08. The van der Waals surface area contributed by atoms with Gasteiger partial charge in [0.15, 0.2) is 5.78 Å². The quantitative estimate of drug-likeness (QED) is 0.799. The third kappa shape index (κ3) is 2.90. The molecule has 0 spiro atoms. The summed E-state index contributed by atoms with van der Waals surface area (Å²) in [6, 6.07) is 7.10. The standard InChI is InChI=1S/C14H9ClF2O2/c1-19-13-3-2-9(15)6-12(13)14(18)8-4-10(16)7-11(17)5-8/h2-7H,1H3. The number of methoxy groups -OCH3 is 1. The van der Waals surface area contributed by atoms with Crippen LogP contribution >= 0.6 is 11.6 Å². The van der Waals surface area contributed by atoms with E-state index in [1.165, 1.54) is 19.2 Å². The number of ether oxygens (including phenoxy) is 1. The molecule has 98 valence electrons. The summed E-state index contributed by atoms with van der Waals surface area (Å²) in [6.07, 6.45) is 0. The second-order valence-electron chi connectivity index (χ2n) is 3.83. The topological polar surface area (TPSA) is 26.3 Å². The van der Waals surface area contributed by atoms with Crippen molar-refractivity contribution in [3.05, 3.63) is 64.2 Å². The van der Waals surface area contributed by atoms with E-state index < -0.39 is 17.4 Å². The fraction of sp³-hybridized carbons (Fsp3) is 0.0714. The highest BCUT2D eigenvalue weighted by atomic mass is 35.5. The molecule has 0 unspecified atom stereocenters. The van der Waals surface area contributed by atoms with E-state index in [1.54, 1.807) is 6.07 Å². The van der Waals surface area contributed by atoms with Gasteiger partial charge >= 0.3 is 0 Å². The van der Waals surface area contributed by atoms with Crippen LogP contribution in [0, 0.1) is 11.6 Å². The van der Waals surface area contributed by atoms with Crippen LogP contribution < -0.4 is 4.74 Å². The van der Waals surface area contributed by atoms with Crippen molar-refractivity contribution >= 4 is 17.4 Å². The van der Waals surface area contributed by atoms with Crippen molar-refractivity contribution in [2.24, 2.45) is 0 Å². The zero-order valence-corrected chi connectivity index (χ0v) is 10.7. The van der Waals surface area contributed by atoms with Crippen molar-refractivity contribution in [3.8, 4) is 5.75 Å². The summed E-state index contributed by atoms with van der Waals surface area (Å²) in [4.78, 5) is 12.2. The summed E-state index contributed by atoms with van der Waals surface area (Å²) in [7, 11) is 1.40. The zero-order chi connectivity index (χ0) is 14.0. The van der Waals surface area contributed by atoms with Gasteiger partial charge in [-0.2, -0.15) is 0 Å². The van der Waals surface area contributed by atoms with Gasteiger partial charge in [-0.05, 0) is 30.3 Å². The second-order valence-corrected chi connectivity index (χ2v) is 4.27. The molecule has 0 amide bonds. The van der Waals surface area contributed by atoms with E-state index in [9.17, 15) is 13.6 Å². The summed E-state index contributed by atoms with van der Waals surface area (Å²) >= 11 is 5.81. The van der Waals surface area contributed by atoms with Crippen LogP contribution in [0.15, 0.2) is 36.4 Å². The maximum absolute atomic E-state index is 13.1. The van der Waals surface area contributed by atoms with E-state index in [0.29, 0.717) is 16.8 Å². The molecule has 0 aromatic heterocycles. The molecule has 0 bridgehead atoms. The summed E-state index contributed by atoms with van der Waals surface area (Å²) < 4.78 is 31.3. The minimum atomic E-state index is -0.815. The summed E-state index contributed by atoms with van der Waals surface area (Å²) in [6.45, 7) is 0. The largest absolute Gasteiger partial charge is 0.496 e. The number of hydrogen-bond acceptors (Lipinski definition) is 2. The summed E-state index contributed by atoms with van der Waals surface area (Å²) in [5, 5.41) is 0.334. The Kier molecular flexibility index (Phi) is 3.81. The first-order chi connectivity index (χ1) is 9.01. The molecule has 0 N–H and O–H groups in total. The number of carbonyl (C=O) groups excluding carboxylic acids is 1. The van der Waals surface area contributed by atoms with Gasteiger partial charge < -0.3 is 4.74 Å². The lowest BCUT2D eigenvalue weighted by molar-refractivity contribution is 0.103. The van der Waals surface area contributed by atoms with E-state index in [-0.39, 0.29) is 11.1 Å². The summed E-state index contributed by atoms with van der Waals surface area (Å²) in [5.41, 5.74) is 0.0538. The Morgan fingerprint density at radius 3 is 2.32 bits per heavy atom. The molecule has 2 nitrogen and oxygen atoms in total. The van der Waals surface area contributed by atoms with Crippen molar-refractivity contribution < 1.29 is 18.3 Å². The van der Waals surface area contributed by atoms with Gasteiger partial charge in [-0.15, -0.1) is 0 Å². The number of rotatable bonds is 3. The van der Waals surface area contributed by atoms with Crippen LogP contribution in [0.25, 0.3) is 0 Å². The summed E-state index contributed by atoms with van der Waals surface area (Å²) in [5.74, 6) is -1.90. The van der Waals surface area contributed by atoms with Crippen molar-refractivity contribution in [2.75, 3.05) is 7.11 Å². The van der Waals surface area contributed by atoms with Gasteiger partial charge in [-0.3, -0.25) is 4.79 Å². The highest BCUT2D eigenvalue weighted by Gasteiger charge is 2.16. The lowest BCUT2D eigenvalue weighted by atomic mass is 10.0. The van der Waals surface area contributed by atoms with Gasteiger partial charge in [-0.1, -0.05) is 11.6 Å². The number of carbonyl (C=O) groups is 1. The van der Waals surface area contributed by atoms with Crippen LogP contribution in [0.1, 0.15) is 15.9 Å². The van der Waals surface area contributed by atoms with E-state index in [4.69, 9.17) is 16.3 Å². The molecule has 0 saturated carbocycles. The second kappa shape index (κ2) is 5.36. The molecule has 2 aromatic rings. The first kappa shape index (κ1) is 13.5. The minimum absolute atomic E-state index is 0.0990. The predicted molar refractivity (Wildman–Crippen MR) is 67.8 cm³/mol. The first-order valence-corrected chi connectivity index (χ1v) is 5.73. The average Bonchev–Trinajstić information content (AvgIpc) is 2.36. The third-order valence-corrected chi connectivity index (χ3v) is 2.77. The van der Waals surface area contributed by atoms with E-state index in [2.05, 4.69) is 0 Å². The Morgan fingerprint density at radius 2 is 1.74 bits per heavy atom. The van der Waals surface area contributed by atoms with Gasteiger partial charge in [0.2, 0.25) is 0 Å². The van der Waals surface area contributed by atoms with Gasteiger partial charge in [-0.25, -0.2) is 8.78 Å². The SMILES string of the molecule is COc1ccc(Cl)cc1C(=O)c1cc(F)cc(F)c1. The molecular weight excluding hydrogens is 274 g/mol. The van der Waals surface area contributed by atoms with Gasteiger partial charge in [0.05, 0.1) is 12.7 Å². The molecule has 0 atom stereocenters. The Labute approximate surface area is 113 Å². The number of hydrogen-bond donors (Lipinski definition) is 0. The monoisotopic (exact) mass is 282 g/mol. The maximum atomic E-state index is 13.1. The van der Waals surface area contributed by atoms with Crippen molar-refractivity contribution in [2.45, 2.75) is 0 Å². The van der Waals surface area contributed by atoms with E-state index >= 15 is 0 Å². The highest BCUT2D eigenvalue weighted by molar-refractivity contribution is 6.31. The molecule has 0 saturated heterocycles. The molecule has 19 heavy (non-hydrogen) atoms. The van der Waals surface area contributed by atoms with Gasteiger partial charge in [0.25, 0.3) is 0 Å². The number of ketones is 1. The number of benzene rings is 2. The van der Waals surface area contributed by atoms with Crippen LogP contribution in [-0.2, 0) is 0 Å². The predicted octanol–water partition coefficient (Wildman–Crippen LogP) is 3.86. The molecule has 0 aliphatic carbocycles. The normalized spacial score (nSPS) is 10.3. The minimum Gasteiger partial charge on any atom is -0.496 e. The molecule has 2 rings (SSSR count). The molecule has 0 radical (unpaired) electrons. The molecular formula is C14H9ClF2O2. The van der Waals surface area contributed by atoms with Crippen molar-refractivity contribution in [1.82, 2.24) is 0 Å². The Bertz CT molecular complexity index is 621. The average molecular weight is 283 g/mol. The van der Waals surface area contributed by atoms with E-state index in [0.717, 1.165) is 12.1 Å². The molecule has 5 heteroatoms. The fourth-order valence-electron chi connectivity index (χ4n) is 1.70. The first-order valence-electron chi connectivity index (χ1n) is 5.35. The fourth-order valence-corrected chi connectivity index (χ4v) is 1.87. The van der Waals surface area contributed by atoms with Crippen molar-refractivity contribution in [1.29, 1.82) is 0 Å². The molecule has 2 aromatic carbocycles. The number of halogens is 3. The van der Waals surface area contributed by atoms with Crippen LogP contribution in [0.5, 0.6) is 5.75 Å². The highest BCUT2D eigenvalue weighted by Crippen LogP contribution is 2.25. The lowest BCUT2D eigenvalue weighted by Crippen LogP contribution is -2.05. The Morgan fingerprint density at radius 1 is 1.11 bits per heavy atom. The Hall–Kier alpha value is -1.94. The van der Waals surface area contributed by atoms with E-state index in [1.807, 2.05) is 0 Å². The van der Waals surface area contributed by atoms with Gasteiger partial charge in [0, 0.05) is 16.7 Å². The van der Waals surface area contributed by atoms with Crippen molar-refractivity contribution in [3.63, 3.8) is 0 Å². The van der Waals surface area contributed by atoms with Crippen LogP contribution in [0.4, 0.5) is 8.78 Å². The third-order valence-electron chi connectivity index (χ3n) is 2.53. The molecule has 0 aliphatic heterocycles. The smallest absolute Gasteiger partial charge is 0.197 e. The van der Waals surface area contributed by atoms with Crippen LogP contribution in [-0.4, -0.2) is 12.9 Å². The molecule has 0 heterocycles. The Balaban J connectivity index is 2.52. The molecule has 0 aliphatic rings. The zero-order valence-electron chi connectivity index (χ0n) is 9.91. The molecule has 0 fully saturated rings.